The van der Waals surface area contributed by atoms with Gasteiger partial charge in [0.15, 0.2) is 0 Å². The largest absolute Gasteiger partial charge is 0.373 e. The highest BCUT2D eigenvalue weighted by molar-refractivity contribution is 6.30. The standard InChI is InChI=1S/C16H17ClN4O/c1-12-8-19-21(9-12)11-15-10-20(4-5-22-15)16-3-2-14(17)6-13(16)7-18/h2-3,6,8-9,15H,4-5,10-11H2,1H3. The van der Waals surface area contributed by atoms with Gasteiger partial charge in [-0.15, -0.1) is 0 Å². The first-order chi connectivity index (χ1) is 10.7. The molecule has 3 rings (SSSR count). The van der Waals surface area contributed by atoms with Crippen molar-refractivity contribution in [3.05, 3.63) is 46.7 Å². The SMILES string of the molecule is Cc1cnn(CC2CN(c3ccc(Cl)cc3C#N)CCO2)c1. The monoisotopic (exact) mass is 316 g/mol. The third kappa shape index (κ3) is 3.24. The number of morpholine rings is 1. The Labute approximate surface area is 134 Å². The van der Waals surface area contributed by atoms with Crippen LogP contribution in [0.3, 0.4) is 0 Å². The maximum atomic E-state index is 9.30. The molecular weight excluding hydrogens is 300 g/mol. The summed E-state index contributed by atoms with van der Waals surface area (Å²) in [6, 6.07) is 7.65. The quantitative estimate of drug-likeness (QED) is 0.873. The molecule has 1 fully saturated rings. The molecule has 0 spiro atoms. The molecule has 22 heavy (non-hydrogen) atoms. The number of hydrogen-bond acceptors (Lipinski definition) is 4. The number of aryl methyl sites for hydroxylation is 1. The van der Waals surface area contributed by atoms with Crippen molar-refractivity contribution in [3.63, 3.8) is 0 Å². The fourth-order valence-corrected chi connectivity index (χ4v) is 2.87. The van der Waals surface area contributed by atoms with Crippen LogP contribution < -0.4 is 4.90 Å². The van der Waals surface area contributed by atoms with Crippen molar-refractivity contribution in [2.24, 2.45) is 0 Å². The smallest absolute Gasteiger partial charge is 0.101 e. The van der Waals surface area contributed by atoms with Crippen molar-refractivity contribution >= 4 is 17.3 Å². The second kappa shape index (κ2) is 6.39. The van der Waals surface area contributed by atoms with Gasteiger partial charge in [0.1, 0.15) is 6.07 Å². The van der Waals surface area contributed by atoms with Crippen LogP contribution in [-0.4, -0.2) is 35.6 Å². The van der Waals surface area contributed by atoms with Gasteiger partial charge in [-0.25, -0.2) is 0 Å². The summed E-state index contributed by atoms with van der Waals surface area (Å²) in [6.07, 6.45) is 3.90. The van der Waals surface area contributed by atoms with Crippen molar-refractivity contribution in [1.82, 2.24) is 9.78 Å². The van der Waals surface area contributed by atoms with Crippen molar-refractivity contribution in [1.29, 1.82) is 5.26 Å². The summed E-state index contributed by atoms with van der Waals surface area (Å²) < 4.78 is 7.73. The number of ether oxygens (including phenoxy) is 1. The van der Waals surface area contributed by atoms with Crippen LogP contribution in [-0.2, 0) is 11.3 Å². The van der Waals surface area contributed by atoms with Gasteiger partial charge >= 0.3 is 0 Å². The summed E-state index contributed by atoms with van der Waals surface area (Å²) in [4.78, 5) is 2.18. The first kappa shape index (κ1) is 14.9. The normalized spacial score (nSPS) is 18.2. The Kier molecular flexibility index (Phi) is 4.32. The minimum atomic E-state index is 0.0512. The van der Waals surface area contributed by atoms with E-state index in [-0.39, 0.29) is 6.10 Å². The molecule has 1 saturated heterocycles. The second-order valence-corrected chi connectivity index (χ2v) is 5.89. The number of nitrogens with zero attached hydrogens (tertiary/aromatic N) is 4. The summed E-state index contributed by atoms with van der Waals surface area (Å²) in [6.45, 7) is 4.86. The van der Waals surface area contributed by atoms with Crippen LogP contribution in [0.15, 0.2) is 30.6 Å². The predicted molar refractivity (Wildman–Crippen MR) is 85.1 cm³/mol. The van der Waals surface area contributed by atoms with E-state index < -0.39 is 0 Å². The van der Waals surface area contributed by atoms with E-state index in [1.54, 1.807) is 6.07 Å². The molecular formula is C16H17ClN4O. The lowest BCUT2D eigenvalue weighted by Gasteiger charge is -2.35. The van der Waals surface area contributed by atoms with Crippen LogP contribution in [0.25, 0.3) is 0 Å². The fraction of sp³-hybridized carbons (Fsp3) is 0.375. The molecule has 0 bridgehead atoms. The zero-order chi connectivity index (χ0) is 15.5. The van der Waals surface area contributed by atoms with Gasteiger partial charge < -0.3 is 9.64 Å². The van der Waals surface area contributed by atoms with Gasteiger partial charge in [0.2, 0.25) is 0 Å². The lowest BCUT2D eigenvalue weighted by atomic mass is 10.1. The summed E-state index contributed by atoms with van der Waals surface area (Å²) >= 11 is 5.97. The van der Waals surface area contributed by atoms with Gasteiger partial charge in [0.25, 0.3) is 0 Å². The first-order valence-corrected chi connectivity index (χ1v) is 7.59. The van der Waals surface area contributed by atoms with Crippen LogP contribution >= 0.6 is 11.6 Å². The molecule has 0 radical (unpaired) electrons. The predicted octanol–water partition coefficient (Wildman–Crippen LogP) is 2.62. The number of rotatable bonds is 3. The minimum absolute atomic E-state index is 0.0512. The summed E-state index contributed by atoms with van der Waals surface area (Å²) in [5.74, 6) is 0. The molecule has 0 saturated carbocycles. The van der Waals surface area contributed by atoms with E-state index in [4.69, 9.17) is 16.3 Å². The van der Waals surface area contributed by atoms with E-state index in [1.807, 2.05) is 36.1 Å². The van der Waals surface area contributed by atoms with Gasteiger partial charge in [-0.1, -0.05) is 11.6 Å². The third-order valence-corrected chi connectivity index (χ3v) is 3.95. The molecule has 2 aromatic rings. The van der Waals surface area contributed by atoms with Gasteiger partial charge in [0.05, 0.1) is 36.7 Å². The Morgan fingerprint density at radius 3 is 3.09 bits per heavy atom. The maximum Gasteiger partial charge on any atom is 0.101 e. The Balaban J connectivity index is 1.74. The van der Waals surface area contributed by atoms with Crippen molar-refractivity contribution in [3.8, 4) is 6.07 Å². The Morgan fingerprint density at radius 2 is 2.36 bits per heavy atom. The molecule has 0 aliphatic carbocycles. The average Bonchev–Trinajstić information content (AvgIpc) is 2.92. The molecule has 1 aliphatic heterocycles. The Hall–Kier alpha value is -2.03. The van der Waals surface area contributed by atoms with Crippen LogP contribution in [0.1, 0.15) is 11.1 Å². The Morgan fingerprint density at radius 1 is 1.50 bits per heavy atom. The van der Waals surface area contributed by atoms with E-state index in [9.17, 15) is 5.26 Å². The zero-order valence-electron chi connectivity index (χ0n) is 12.4. The molecule has 1 unspecified atom stereocenters. The molecule has 0 N–H and O–H groups in total. The van der Waals surface area contributed by atoms with Crippen molar-refractivity contribution in [2.45, 2.75) is 19.6 Å². The molecule has 1 atom stereocenters. The third-order valence-electron chi connectivity index (χ3n) is 3.71. The summed E-state index contributed by atoms with van der Waals surface area (Å²) in [7, 11) is 0. The number of anilines is 1. The number of hydrogen-bond donors (Lipinski definition) is 0. The van der Waals surface area contributed by atoms with Crippen LogP contribution in [0.2, 0.25) is 5.02 Å². The number of nitriles is 1. The van der Waals surface area contributed by atoms with Gasteiger partial charge in [-0.2, -0.15) is 10.4 Å². The molecule has 6 heteroatoms. The Bertz CT molecular complexity index is 706. The molecule has 0 amide bonds. The first-order valence-electron chi connectivity index (χ1n) is 7.21. The van der Waals surface area contributed by atoms with E-state index in [2.05, 4.69) is 16.1 Å². The molecule has 1 aromatic heterocycles. The lowest BCUT2D eigenvalue weighted by Crippen LogP contribution is -2.44. The van der Waals surface area contributed by atoms with Crippen LogP contribution in [0.5, 0.6) is 0 Å². The highest BCUT2D eigenvalue weighted by atomic mass is 35.5. The fourth-order valence-electron chi connectivity index (χ4n) is 2.70. The molecule has 114 valence electrons. The maximum absolute atomic E-state index is 9.30. The lowest BCUT2D eigenvalue weighted by molar-refractivity contribution is 0.0274. The molecule has 2 heterocycles. The van der Waals surface area contributed by atoms with Gasteiger partial charge in [0, 0.05) is 24.3 Å². The zero-order valence-corrected chi connectivity index (χ0v) is 13.1. The summed E-state index contributed by atoms with van der Waals surface area (Å²) in [5, 5.41) is 14.2. The number of halogens is 1. The topological polar surface area (TPSA) is 54.1 Å². The van der Waals surface area contributed by atoms with Gasteiger partial charge in [-0.05, 0) is 30.7 Å². The van der Waals surface area contributed by atoms with E-state index in [0.29, 0.717) is 23.7 Å². The van der Waals surface area contributed by atoms with E-state index in [0.717, 1.165) is 24.3 Å². The highest BCUT2D eigenvalue weighted by Gasteiger charge is 2.23. The number of benzene rings is 1. The van der Waals surface area contributed by atoms with Crippen LogP contribution in [0.4, 0.5) is 5.69 Å². The number of aromatic nitrogens is 2. The average molecular weight is 317 g/mol. The van der Waals surface area contributed by atoms with Crippen LogP contribution in [0, 0.1) is 18.3 Å². The molecule has 1 aliphatic rings. The van der Waals surface area contributed by atoms with Crippen molar-refractivity contribution < 1.29 is 4.74 Å². The van der Waals surface area contributed by atoms with Gasteiger partial charge in [-0.3, -0.25) is 4.68 Å². The highest BCUT2D eigenvalue weighted by Crippen LogP contribution is 2.25. The molecule has 1 aromatic carbocycles. The summed E-state index contributed by atoms with van der Waals surface area (Å²) in [5.41, 5.74) is 2.65. The second-order valence-electron chi connectivity index (χ2n) is 5.45. The van der Waals surface area contributed by atoms with E-state index >= 15 is 0 Å². The minimum Gasteiger partial charge on any atom is -0.373 e. The van der Waals surface area contributed by atoms with Crippen molar-refractivity contribution in [2.75, 3.05) is 24.6 Å². The molecule has 5 nitrogen and oxygen atoms in total. The van der Waals surface area contributed by atoms with E-state index in [1.165, 1.54) is 0 Å².